The van der Waals surface area contributed by atoms with Crippen molar-refractivity contribution in [2.24, 2.45) is 5.92 Å². The molecule has 2 N–H and O–H groups in total. The van der Waals surface area contributed by atoms with Crippen LogP contribution in [0.2, 0.25) is 0 Å². The van der Waals surface area contributed by atoms with Crippen LogP contribution in [-0.2, 0) is 4.79 Å². The molecule has 1 aliphatic rings. The third kappa shape index (κ3) is 3.81. The molecule has 0 bridgehead atoms. The Kier molecular flexibility index (Phi) is 4.55. The summed E-state index contributed by atoms with van der Waals surface area (Å²) in [5, 5.41) is 5.45. The Morgan fingerprint density at radius 3 is 2.37 bits per heavy atom. The fraction of sp³-hybridized carbons (Fsp3) is 0.467. The zero-order valence-electron chi connectivity index (χ0n) is 11.2. The van der Waals surface area contributed by atoms with Gasteiger partial charge in [0.1, 0.15) is 0 Å². The van der Waals surface area contributed by atoms with Gasteiger partial charge < -0.3 is 10.6 Å². The molecule has 1 aromatic carbocycles. The number of hydrogen-bond donors (Lipinski definition) is 2. The lowest BCUT2D eigenvalue weighted by atomic mass is 10.0. The monoisotopic (exact) mass is 260 g/mol. The molecule has 4 nitrogen and oxygen atoms in total. The third-order valence-corrected chi connectivity index (χ3v) is 3.61. The molecule has 102 valence electrons. The molecule has 0 spiro atoms. The lowest BCUT2D eigenvalue weighted by molar-refractivity contribution is -0.117. The summed E-state index contributed by atoms with van der Waals surface area (Å²) >= 11 is 0. The highest BCUT2D eigenvalue weighted by Crippen LogP contribution is 2.27. The first-order chi connectivity index (χ1) is 9.19. The normalized spacial score (nSPS) is 15.2. The molecule has 0 aromatic heterocycles. The molecule has 2 rings (SSSR count). The van der Waals surface area contributed by atoms with E-state index >= 15 is 0 Å². The van der Waals surface area contributed by atoms with Crippen LogP contribution < -0.4 is 10.6 Å². The summed E-state index contributed by atoms with van der Waals surface area (Å²) in [4.78, 5) is 23.2. The van der Waals surface area contributed by atoms with Crippen molar-refractivity contribution in [1.82, 2.24) is 5.32 Å². The van der Waals surface area contributed by atoms with E-state index in [-0.39, 0.29) is 11.8 Å². The Morgan fingerprint density at radius 1 is 1.16 bits per heavy atom. The summed E-state index contributed by atoms with van der Waals surface area (Å²) in [5.41, 5.74) is 1.34. The van der Waals surface area contributed by atoms with Gasteiger partial charge in [0.05, 0.1) is 0 Å². The van der Waals surface area contributed by atoms with E-state index in [2.05, 4.69) is 10.6 Å². The molecular formula is C15H20N2O2. The Hall–Kier alpha value is -1.84. The molecule has 19 heavy (non-hydrogen) atoms. The van der Waals surface area contributed by atoms with E-state index in [0.29, 0.717) is 17.9 Å². The number of nitrogens with one attached hydrogen (secondary N) is 2. The maximum atomic E-state index is 11.9. The number of carbonyl (C=O) groups excluding carboxylic acids is 2. The minimum Gasteiger partial charge on any atom is -0.355 e. The number of carbonyl (C=O) groups is 2. The van der Waals surface area contributed by atoms with Crippen molar-refractivity contribution < 1.29 is 9.59 Å². The predicted molar refractivity (Wildman–Crippen MR) is 75.0 cm³/mol. The number of amides is 2. The first-order valence-corrected chi connectivity index (χ1v) is 6.81. The summed E-state index contributed by atoms with van der Waals surface area (Å²) in [5.74, 6) is 0.494. The summed E-state index contributed by atoms with van der Waals surface area (Å²) in [6, 6.07) is 6.95. The Labute approximate surface area is 113 Å². The average Bonchev–Trinajstić information content (AvgIpc) is 2.91. The van der Waals surface area contributed by atoms with E-state index in [1.807, 2.05) is 0 Å². The fourth-order valence-electron chi connectivity index (χ4n) is 2.54. The van der Waals surface area contributed by atoms with Crippen LogP contribution in [0.15, 0.2) is 24.3 Å². The molecule has 0 unspecified atom stereocenters. The molecule has 2 amide bonds. The SMILES string of the molecule is CNC(=O)c1ccc(NC(=O)CC2CCCC2)cc1. The van der Waals surface area contributed by atoms with Gasteiger partial charge in [0.25, 0.3) is 5.91 Å². The molecule has 1 aromatic rings. The van der Waals surface area contributed by atoms with Gasteiger partial charge in [0.15, 0.2) is 0 Å². The van der Waals surface area contributed by atoms with Crippen LogP contribution >= 0.6 is 0 Å². The van der Waals surface area contributed by atoms with E-state index < -0.39 is 0 Å². The lowest BCUT2D eigenvalue weighted by Gasteiger charge is -2.10. The summed E-state index contributed by atoms with van der Waals surface area (Å²) in [6.07, 6.45) is 5.45. The standard InChI is InChI=1S/C15H20N2O2/c1-16-15(19)12-6-8-13(9-7-12)17-14(18)10-11-4-2-3-5-11/h6-9,11H,2-5,10H2,1H3,(H,16,19)(H,17,18). The van der Waals surface area contributed by atoms with Gasteiger partial charge in [-0.15, -0.1) is 0 Å². The number of benzene rings is 1. The second kappa shape index (κ2) is 6.36. The van der Waals surface area contributed by atoms with E-state index in [4.69, 9.17) is 0 Å². The minimum absolute atomic E-state index is 0.0691. The molecular weight excluding hydrogens is 240 g/mol. The van der Waals surface area contributed by atoms with Crippen LogP contribution in [0.5, 0.6) is 0 Å². The summed E-state index contributed by atoms with van der Waals surface area (Å²) < 4.78 is 0. The largest absolute Gasteiger partial charge is 0.355 e. The van der Waals surface area contributed by atoms with Crippen molar-refractivity contribution in [2.45, 2.75) is 32.1 Å². The number of anilines is 1. The predicted octanol–water partition coefficient (Wildman–Crippen LogP) is 2.57. The highest BCUT2D eigenvalue weighted by molar-refractivity contribution is 5.95. The Balaban J connectivity index is 1.88. The maximum Gasteiger partial charge on any atom is 0.251 e. The molecule has 1 aliphatic carbocycles. The van der Waals surface area contributed by atoms with Gasteiger partial charge in [-0.2, -0.15) is 0 Å². The summed E-state index contributed by atoms with van der Waals surface area (Å²) in [6.45, 7) is 0. The van der Waals surface area contributed by atoms with Crippen LogP contribution in [0.3, 0.4) is 0 Å². The van der Waals surface area contributed by atoms with Crippen molar-refractivity contribution in [3.05, 3.63) is 29.8 Å². The Bertz CT molecular complexity index is 448. The van der Waals surface area contributed by atoms with Crippen LogP contribution in [0.4, 0.5) is 5.69 Å². The van der Waals surface area contributed by atoms with E-state index in [9.17, 15) is 9.59 Å². The summed E-state index contributed by atoms with van der Waals surface area (Å²) in [7, 11) is 1.60. The number of rotatable bonds is 4. The fourth-order valence-corrected chi connectivity index (χ4v) is 2.54. The van der Waals surface area contributed by atoms with Gasteiger partial charge in [-0.05, 0) is 43.0 Å². The van der Waals surface area contributed by atoms with Crippen molar-refractivity contribution in [3.8, 4) is 0 Å². The quantitative estimate of drug-likeness (QED) is 0.874. The first-order valence-electron chi connectivity index (χ1n) is 6.81. The van der Waals surface area contributed by atoms with Crippen molar-refractivity contribution >= 4 is 17.5 Å². The molecule has 4 heteroatoms. The molecule has 0 heterocycles. The van der Waals surface area contributed by atoms with Gasteiger partial charge in [0, 0.05) is 24.7 Å². The topological polar surface area (TPSA) is 58.2 Å². The van der Waals surface area contributed by atoms with E-state index in [0.717, 1.165) is 5.69 Å². The number of hydrogen-bond acceptors (Lipinski definition) is 2. The molecule has 0 radical (unpaired) electrons. The van der Waals surface area contributed by atoms with Gasteiger partial charge in [-0.1, -0.05) is 12.8 Å². The van der Waals surface area contributed by atoms with Gasteiger partial charge in [0.2, 0.25) is 5.91 Å². The lowest BCUT2D eigenvalue weighted by Crippen LogP contribution is -2.18. The minimum atomic E-state index is -0.121. The molecule has 0 saturated heterocycles. The maximum absolute atomic E-state index is 11.9. The highest BCUT2D eigenvalue weighted by Gasteiger charge is 2.18. The van der Waals surface area contributed by atoms with E-state index in [1.165, 1.54) is 25.7 Å². The zero-order valence-corrected chi connectivity index (χ0v) is 11.2. The highest BCUT2D eigenvalue weighted by atomic mass is 16.2. The van der Waals surface area contributed by atoms with Gasteiger partial charge in [-0.3, -0.25) is 9.59 Å². The first kappa shape index (κ1) is 13.6. The Morgan fingerprint density at radius 2 is 1.79 bits per heavy atom. The molecule has 0 aliphatic heterocycles. The van der Waals surface area contributed by atoms with Crippen LogP contribution in [-0.4, -0.2) is 18.9 Å². The van der Waals surface area contributed by atoms with Crippen LogP contribution in [0, 0.1) is 5.92 Å². The molecule has 1 saturated carbocycles. The van der Waals surface area contributed by atoms with E-state index in [1.54, 1.807) is 31.3 Å². The van der Waals surface area contributed by atoms with Crippen molar-refractivity contribution in [2.75, 3.05) is 12.4 Å². The second-order valence-corrected chi connectivity index (χ2v) is 5.06. The second-order valence-electron chi connectivity index (χ2n) is 5.06. The molecule has 1 fully saturated rings. The van der Waals surface area contributed by atoms with Crippen LogP contribution in [0.1, 0.15) is 42.5 Å². The van der Waals surface area contributed by atoms with Crippen molar-refractivity contribution in [1.29, 1.82) is 0 Å². The smallest absolute Gasteiger partial charge is 0.251 e. The third-order valence-electron chi connectivity index (χ3n) is 3.61. The van der Waals surface area contributed by atoms with Crippen LogP contribution in [0.25, 0.3) is 0 Å². The average molecular weight is 260 g/mol. The van der Waals surface area contributed by atoms with Gasteiger partial charge >= 0.3 is 0 Å². The van der Waals surface area contributed by atoms with Gasteiger partial charge in [-0.25, -0.2) is 0 Å². The zero-order chi connectivity index (χ0) is 13.7. The molecule has 0 atom stereocenters. The van der Waals surface area contributed by atoms with Crippen molar-refractivity contribution in [3.63, 3.8) is 0 Å².